The number of nitriles is 1. The normalized spacial score (nSPS) is 19.9. The minimum absolute atomic E-state index is 0.0300. The summed E-state index contributed by atoms with van der Waals surface area (Å²) in [6.45, 7) is 13.0. The number of phenolic OH excluding ortho intramolecular Hbond substituents is 1. The molecule has 3 aliphatic heterocycles. The van der Waals surface area contributed by atoms with Gasteiger partial charge in [0.05, 0.1) is 17.9 Å². The number of carbonyl (C=O) groups is 1. The summed E-state index contributed by atoms with van der Waals surface area (Å²) in [6.07, 6.45) is 2.96. The summed E-state index contributed by atoms with van der Waals surface area (Å²) in [5.41, 5.74) is 4.70. The Labute approximate surface area is 200 Å². The number of aryl methyl sites for hydroxylation is 1. The molecule has 2 aromatic rings. The quantitative estimate of drug-likeness (QED) is 0.706. The van der Waals surface area contributed by atoms with Crippen LogP contribution in [0, 0.1) is 23.7 Å². The fourth-order valence-corrected chi connectivity index (χ4v) is 5.62. The lowest BCUT2D eigenvalue weighted by molar-refractivity contribution is -0.136. The lowest BCUT2D eigenvalue weighted by Crippen LogP contribution is -2.59. The number of fused-ring (bicyclic) bond motifs is 1. The third-order valence-corrected chi connectivity index (χ3v) is 7.44. The number of benzene rings is 1. The number of aromatic hydroxyl groups is 1. The average molecular weight is 459 g/mol. The number of hydrogen-bond donors (Lipinski definition) is 1. The highest BCUT2D eigenvalue weighted by molar-refractivity contribution is 5.88. The number of phenols is 1. The zero-order chi connectivity index (χ0) is 24.3. The van der Waals surface area contributed by atoms with Crippen LogP contribution in [0.3, 0.4) is 0 Å². The molecule has 0 unspecified atom stereocenters. The SMILES string of the molecule is C=CC(=O)N1CC2(CCN(c3nc4c(c(-c5cc(O)ccc5C)c3C#N)COC(C)(C)C4)C2)C1. The summed E-state index contributed by atoms with van der Waals surface area (Å²) in [4.78, 5) is 21.1. The van der Waals surface area contributed by atoms with Crippen molar-refractivity contribution in [3.63, 3.8) is 0 Å². The van der Waals surface area contributed by atoms with Crippen molar-refractivity contribution < 1.29 is 14.6 Å². The number of carbonyl (C=O) groups excluding carboxylic acids is 1. The molecule has 0 bridgehead atoms. The van der Waals surface area contributed by atoms with Crippen LogP contribution in [0.2, 0.25) is 0 Å². The third kappa shape index (κ3) is 3.63. The van der Waals surface area contributed by atoms with Gasteiger partial charge in [-0.25, -0.2) is 4.98 Å². The largest absolute Gasteiger partial charge is 0.508 e. The Morgan fingerprint density at radius 3 is 2.79 bits per heavy atom. The highest BCUT2D eigenvalue weighted by atomic mass is 16.5. The summed E-state index contributed by atoms with van der Waals surface area (Å²) in [6, 6.07) is 7.70. The molecule has 4 heterocycles. The molecule has 1 spiro atoms. The highest BCUT2D eigenvalue weighted by Crippen LogP contribution is 2.45. The zero-order valence-corrected chi connectivity index (χ0v) is 20.0. The molecule has 0 atom stereocenters. The van der Waals surface area contributed by atoms with Gasteiger partial charge in [-0.1, -0.05) is 12.6 Å². The van der Waals surface area contributed by atoms with E-state index in [0.29, 0.717) is 37.5 Å². The van der Waals surface area contributed by atoms with E-state index in [0.717, 1.165) is 47.5 Å². The Bertz CT molecular complexity index is 1240. The minimum atomic E-state index is -0.345. The molecule has 34 heavy (non-hydrogen) atoms. The van der Waals surface area contributed by atoms with Crippen molar-refractivity contribution in [2.75, 3.05) is 31.1 Å². The first-order valence-corrected chi connectivity index (χ1v) is 11.7. The van der Waals surface area contributed by atoms with Gasteiger partial charge in [0.1, 0.15) is 23.2 Å². The molecule has 0 aliphatic carbocycles. The molecule has 2 saturated heterocycles. The molecule has 3 aliphatic rings. The molecular weight excluding hydrogens is 428 g/mol. The van der Waals surface area contributed by atoms with Crippen LogP contribution in [-0.4, -0.2) is 52.7 Å². The Morgan fingerprint density at radius 1 is 1.32 bits per heavy atom. The molecular formula is C27H30N4O3. The van der Waals surface area contributed by atoms with Gasteiger partial charge in [0, 0.05) is 49.1 Å². The molecule has 7 nitrogen and oxygen atoms in total. The van der Waals surface area contributed by atoms with Gasteiger partial charge in [-0.3, -0.25) is 4.79 Å². The fraction of sp³-hybridized carbons (Fsp3) is 0.444. The van der Waals surface area contributed by atoms with E-state index in [-0.39, 0.29) is 22.7 Å². The van der Waals surface area contributed by atoms with Crippen molar-refractivity contribution in [1.29, 1.82) is 5.26 Å². The first-order valence-electron chi connectivity index (χ1n) is 11.7. The van der Waals surface area contributed by atoms with E-state index >= 15 is 0 Å². The van der Waals surface area contributed by atoms with E-state index in [9.17, 15) is 15.2 Å². The monoisotopic (exact) mass is 458 g/mol. The molecule has 1 amide bonds. The maximum atomic E-state index is 12.0. The Hall–Kier alpha value is -3.37. The lowest BCUT2D eigenvalue weighted by Gasteiger charge is -2.47. The second-order valence-corrected chi connectivity index (χ2v) is 10.5. The Balaban J connectivity index is 1.60. The summed E-state index contributed by atoms with van der Waals surface area (Å²) in [7, 11) is 0. The zero-order valence-electron chi connectivity index (χ0n) is 20.0. The van der Waals surface area contributed by atoms with Crippen LogP contribution in [0.25, 0.3) is 11.1 Å². The van der Waals surface area contributed by atoms with Gasteiger partial charge in [0.25, 0.3) is 0 Å². The number of pyridine rings is 1. The van der Waals surface area contributed by atoms with Crippen LogP contribution in [0.4, 0.5) is 5.82 Å². The van der Waals surface area contributed by atoms with E-state index < -0.39 is 0 Å². The Kier molecular flexibility index (Phi) is 5.18. The van der Waals surface area contributed by atoms with Crippen molar-refractivity contribution in [3.05, 3.63) is 53.2 Å². The number of amides is 1. The van der Waals surface area contributed by atoms with Crippen LogP contribution in [0.1, 0.15) is 42.7 Å². The first kappa shape index (κ1) is 22.4. The van der Waals surface area contributed by atoms with Crippen molar-refractivity contribution in [2.45, 2.75) is 45.8 Å². The number of ether oxygens (including phenoxy) is 1. The van der Waals surface area contributed by atoms with E-state index in [2.05, 4.69) is 31.4 Å². The average Bonchev–Trinajstić information content (AvgIpc) is 3.23. The smallest absolute Gasteiger partial charge is 0.245 e. The number of aromatic nitrogens is 1. The lowest BCUT2D eigenvalue weighted by atomic mass is 9.79. The number of likely N-dealkylation sites (tertiary alicyclic amines) is 1. The van der Waals surface area contributed by atoms with Gasteiger partial charge in [0.15, 0.2) is 0 Å². The molecule has 2 fully saturated rings. The number of rotatable bonds is 3. The predicted octanol–water partition coefficient (Wildman–Crippen LogP) is 3.71. The van der Waals surface area contributed by atoms with Crippen LogP contribution in [0.5, 0.6) is 5.75 Å². The standard InChI is InChI=1S/C27H30N4O3/c1-5-23(33)31-15-27(16-31)8-9-30(14-27)25-20(12-28)24(19-10-18(32)7-6-17(19)2)21-13-34-26(3,4)11-22(21)29-25/h5-7,10,32H,1,8-9,11,13-16H2,2-4H3. The van der Waals surface area contributed by atoms with E-state index in [1.54, 1.807) is 12.1 Å². The summed E-state index contributed by atoms with van der Waals surface area (Å²) >= 11 is 0. The van der Waals surface area contributed by atoms with Gasteiger partial charge in [0.2, 0.25) is 5.91 Å². The second kappa shape index (κ2) is 7.85. The minimum Gasteiger partial charge on any atom is -0.508 e. The van der Waals surface area contributed by atoms with Gasteiger partial charge >= 0.3 is 0 Å². The molecule has 0 saturated carbocycles. The Morgan fingerprint density at radius 2 is 2.09 bits per heavy atom. The topological polar surface area (TPSA) is 89.7 Å². The predicted molar refractivity (Wildman–Crippen MR) is 129 cm³/mol. The summed E-state index contributed by atoms with van der Waals surface area (Å²) in [5, 5.41) is 20.6. The van der Waals surface area contributed by atoms with Crippen LogP contribution < -0.4 is 4.90 Å². The molecule has 0 radical (unpaired) electrons. The van der Waals surface area contributed by atoms with Gasteiger partial charge in [-0.15, -0.1) is 0 Å². The van der Waals surface area contributed by atoms with Crippen molar-refractivity contribution >= 4 is 11.7 Å². The number of nitrogens with zero attached hydrogens (tertiary/aromatic N) is 4. The molecule has 1 N–H and O–H groups in total. The van der Waals surface area contributed by atoms with E-state index in [4.69, 9.17) is 9.72 Å². The maximum Gasteiger partial charge on any atom is 0.245 e. The van der Waals surface area contributed by atoms with Gasteiger partial charge < -0.3 is 19.6 Å². The maximum absolute atomic E-state index is 12.0. The van der Waals surface area contributed by atoms with Gasteiger partial charge in [-0.05, 0) is 56.5 Å². The van der Waals surface area contributed by atoms with Crippen LogP contribution in [-0.2, 0) is 22.6 Å². The number of anilines is 1. The second-order valence-electron chi connectivity index (χ2n) is 10.5. The number of hydrogen-bond acceptors (Lipinski definition) is 6. The van der Waals surface area contributed by atoms with Crippen molar-refractivity contribution in [3.8, 4) is 22.9 Å². The van der Waals surface area contributed by atoms with Crippen LogP contribution >= 0.6 is 0 Å². The molecule has 1 aromatic heterocycles. The summed E-state index contributed by atoms with van der Waals surface area (Å²) < 4.78 is 6.12. The van der Waals surface area contributed by atoms with E-state index in [1.165, 1.54) is 6.08 Å². The van der Waals surface area contributed by atoms with Crippen molar-refractivity contribution in [2.24, 2.45) is 5.41 Å². The fourth-order valence-electron chi connectivity index (χ4n) is 5.62. The highest BCUT2D eigenvalue weighted by Gasteiger charge is 2.49. The third-order valence-electron chi connectivity index (χ3n) is 7.44. The molecule has 7 heteroatoms. The molecule has 176 valence electrons. The van der Waals surface area contributed by atoms with Crippen LogP contribution in [0.15, 0.2) is 30.9 Å². The molecule has 1 aromatic carbocycles. The first-order chi connectivity index (χ1) is 16.1. The van der Waals surface area contributed by atoms with Crippen molar-refractivity contribution in [1.82, 2.24) is 9.88 Å². The van der Waals surface area contributed by atoms with Gasteiger partial charge in [-0.2, -0.15) is 5.26 Å². The molecule has 5 rings (SSSR count). The summed E-state index contributed by atoms with van der Waals surface area (Å²) in [5.74, 6) is 0.829. The van der Waals surface area contributed by atoms with E-state index in [1.807, 2.05) is 17.9 Å².